The van der Waals surface area contributed by atoms with Crippen molar-refractivity contribution in [3.8, 4) is 0 Å². The van der Waals surface area contributed by atoms with Gasteiger partial charge in [0.25, 0.3) is 0 Å². The van der Waals surface area contributed by atoms with Gasteiger partial charge in [-0.3, -0.25) is 0 Å². The van der Waals surface area contributed by atoms with Crippen LogP contribution in [0.2, 0.25) is 0 Å². The number of ether oxygens (including phenoxy) is 2. The minimum Gasteiger partial charge on any atom is -0.463 e. The Balaban J connectivity index is 2.12. The van der Waals surface area contributed by atoms with E-state index in [1.807, 2.05) is 30.3 Å². The van der Waals surface area contributed by atoms with Gasteiger partial charge in [0.05, 0.1) is 6.61 Å². The first-order chi connectivity index (χ1) is 10.7. The van der Waals surface area contributed by atoms with Gasteiger partial charge >= 0.3 is 11.9 Å². The van der Waals surface area contributed by atoms with Crippen LogP contribution in [0.1, 0.15) is 44.6 Å². The molecule has 0 saturated heterocycles. The van der Waals surface area contributed by atoms with E-state index in [1.165, 1.54) is 12.8 Å². The summed E-state index contributed by atoms with van der Waals surface area (Å²) in [6.07, 6.45) is 7.69. The Hall–Kier alpha value is -2.10. The largest absolute Gasteiger partial charge is 0.463 e. The van der Waals surface area contributed by atoms with E-state index in [1.54, 1.807) is 0 Å². The molecule has 0 radical (unpaired) electrons. The molecule has 0 aromatic heterocycles. The molecular weight excluding hydrogens is 280 g/mol. The first-order valence-corrected chi connectivity index (χ1v) is 7.78. The Labute approximate surface area is 132 Å². The highest BCUT2D eigenvalue weighted by Crippen LogP contribution is 2.03. The fourth-order valence-corrected chi connectivity index (χ4v) is 1.84. The molecule has 0 aliphatic rings. The molecule has 0 N–H and O–H groups in total. The molecule has 4 nitrogen and oxygen atoms in total. The molecule has 22 heavy (non-hydrogen) atoms. The van der Waals surface area contributed by atoms with E-state index in [0.29, 0.717) is 6.61 Å². The standard InChI is InChI=1S/C18H24O4/c1-2-3-4-5-9-14-21-17(19)12-13-18(20)22-15-16-10-7-6-8-11-16/h6-8,10-13H,2-5,9,14-15H2,1H3/b13-12-. The summed E-state index contributed by atoms with van der Waals surface area (Å²) in [7, 11) is 0. The number of hydrogen-bond acceptors (Lipinski definition) is 4. The van der Waals surface area contributed by atoms with E-state index in [9.17, 15) is 9.59 Å². The average Bonchev–Trinajstić information content (AvgIpc) is 2.55. The Morgan fingerprint density at radius 2 is 1.55 bits per heavy atom. The average molecular weight is 304 g/mol. The van der Waals surface area contributed by atoms with Crippen molar-refractivity contribution in [1.82, 2.24) is 0 Å². The van der Waals surface area contributed by atoms with Crippen molar-refractivity contribution in [1.29, 1.82) is 0 Å². The highest BCUT2D eigenvalue weighted by atomic mass is 16.5. The molecular formula is C18H24O4. The molecule has 1 aromatic carbocycles. The predicted molar refractivity (Wildman–Crippen MR) is 85.1 cm³/mol. The van der Waals surface area contributed by atoms with Crippen LogP contribution in [0.25, 0.3) is 0 Å². The number of carbonyl (C=O) groups excluding carboxylic acids is 2. The normalized spacial score (nSPS) is 10.6. The van der Waals surface area contributed by atoms with Crippen LogP contribution in [0.15, 0.2) is 42.5 Å². The molecule has 0 bridgehead atoms. The predicted octanol–water partition coefficient (Wildman–Crippen LogP) is 3.80. The van der Waals surface area contributed by atoms with E-state index in [4.69, 9.17) is 9.47 Å². The minimum absolute atomic E-state index is 0.191. The number of unbranched alkanes of at least 4 members (excludes halogenated alkanes) is 4. The smallest absolute Gasteiger partial charge is 0.331 e. The van der Waals surface area contributed by atoms with Crippen molar-refractivity contribution in [3.63, 3.8) is 0 Å². The Kier molecular flexibility index (Phi) is 9.42. The van der Waals surface area contributed by atoms with Crippen molar-refractivity contribution in [2.45, 2.75) is 45.6 Å². The van der Waals surface area contributed by atoms with E-state index < -0.39 is 11.9 Å². The number of rotatable bonds is 10. The summed E-state index contributed by atoms with van der Waals surface area (Å²) in [5.74, 6) is -1.06. The Morgan fingerprint density at radius 1 is 0.909 bits per heavy atom. The molecule has 1 aromatic rings. The van der Waals surface area contributed by atoms with E-state index in [-0.39, 0.29) is 6.61 Å². The van der Waals surface area contributed by atoms with Crippen molar-refractivity contribution in [3.05, 3.63) is 48.0 Å². The van der Waals surface area contributed by atoms with Gasteiger partial charge in [0.2, 0.25) is 0 Å². The molecule has 0 atom stereocenters. The molecule has 0 unspecified atom stereocenters. The molecule has 0 saturated carbocycles. The lowest BCUT2D eigenvalue weighted by Crippen LogP contribution is -2.05. The van der Waals surface area contributed by atoms with E-state index >= 15 is 0 Å². The lowest BCUT2D eigenvalue weighted by atomic mass is 10.2. The molecule has 0 aliphatic carbocycles. The minimum atomic E-state index is -0.552. The quantitative estimate of drug-likeness (QED) is 0.375. The SMILES string of the molecule is CCCCCCCOC(=O)/C=C\C(=O)OCc1ccccc1. The van der Waals surface area contributed by atoms with Crippen molar-refractivity contribution in [2.24, 2.45) is 0 Å². The van der Waals surface area contributed by atoms with Crippen LogP contribution < -0.4 is 0 Å². The summed E-state index contributed by atoms with van der Waals surface area (Å²) in [5.41, 5.74) is 0.902. The number of carbonyl (C=O) groups is 2. The maximum Gasteiger partial charge on any atom is 0.331 e. The van der Waals surface area contributed by atoms with Gasteiger partial charge in [-0.25, -0.2) is 9.59 Å². The lowest BCUT2D eigenvalue weighted by Gasteiger charge is -2.02. The van der Waals surface area contributed by atoms with Crippen molar-refractivity contribution < 1.29 is 19.1 Å². The Bertz CT molecular complexity index is 465. The third kappa shape index (κ3) is 8.95. The number of esters is 2. The highest BCUT2D eigenvalue weighted by molar-refractivity contribution is 5.91. The van der Waals surface area contributed by atoms with Crippen molar-refractivity contribution >= 4 is 11.9 Å². The zero-order valence-corrected chi connectivity index (χ0v) is 13.1. The summed E-state index contributed by atoms with van der Waals surface area (Å²) in [5, 5.41) is 0. The summed E-state index contributed by atoms with van der Waals surface area (Å²) >= 11 is 0. The molecule has 0 heterocycles. The molecule has 0 fully saturated rings. The number of hydrogen-bond donors (Lipinski definition) is 0. The van der Waals surface area contributed by atoms with Gasteiger partial charge < -0.3 is 9.47 Å². The lowest BCUT2D eigenvalue weighted by molar-refractivity contribution is -0.141. The van der Waals surface area contributed by atoms with Gasteiger partial charge in [-0.2, -0.15) is 0 Å². The van der Waals surface area contributed by atoms with Crippen LogP contribution in [0.5, 0.6) is 0 Å². The maximum atomic E-state index is 11.5. The molecule has 0 aliphatic heterocycles. The van der Waals surface area contributed by atoms with Gasteiger partial charge in [0, 0.05) is 12.2 Å². The summed E-state index contributed by atoms with van der Waals surface area (Å²) in [4.78, 5) is 22.8. The third-order valence-electron chi connectivity index (χ3n) is 3.07. The van der Waals surface area contributed by atoms with Gasteiger partial charge in [0.1, 0.15) is 6.61 Å². The first kappa shape index (κ1) is 18.0. The van der Waals surface area contributed by atoms with Gasteiger partial charge in [-0.05, 0) is 12.0 Å². The number of benzene rings is 1. The molecule has 0 amide bonds. The third-order valence-corrected chi connectivity index (χ3v) is 3.07. The second kappa shape index (κ2) is 11.5. The Morgan fingerprint density at radius 3 is 2.23 bits per heavy atom. The summed E-state index contributed by atoms with van der Waals surface area (Å²) in [6, 6.07) is 9.37. The van der Waals surface area contributed by atoms with Crippen LogP contribution in [0.3, 0.4) is 0 Å². The van der Waals surface area contributed by atoms with Gasteiger partial charge in [0.15, 0.2) is 0 Å². The molecule has 120 valence electrons. The highest BCUT2D eigenvalue weighted by Gasteiger charge is 2.01. The van der Waals surface area contributed by atoms with Crippen LogP contribution in [-0.2, 0) is 25.7 Å². The second-order valence-electron chi connectivity index (χ2n) is 5.01. The van der Waals surface area contributed by atoms with Crippen LogP contribution in [0.4, 0.5) is 0 Å². The zero-order valence-electron chi connectivity index (χ0n) is 13.1. The van der Waals surface area contributed by atoms with Crippen molar-refractivity contribution in [2.75, 3.05) is 6.61 Å². The van der Waals surface area contributed by atoms with Gasteiger partial charge in [-0.15, -0.1) is 0 Å². The van der Waals surface area contributed by atoms with Gasteiger partial charge in [-0.1, -0.05) is 62.9 Å². The van der Waals surface area contributed by atoms with Crippen LogP contribution >= 0.6 is 0 Å². The first-order valence-electron chi connectivity index (χ1n) is 7.78. The fraction of sp³-hybridized carbons (Fsp3) is 0.444. The van der Waals surface area contributed by atoms with E-state index in [0.717, 1.165) is 37.0 Å². The molecule has 0 spiro atoms. The summed E-state index contributed by atoms with van der Waals surface area (Å²) < 4.78 is 10.0. The fourth-order valence-electron chi connectivity index (χ4n) is 1.84. The maximum absolute atomic E-state index is 11.5. The topological polar surface area (TPSA) is 52.6 Å². The van der Waals surface area contributed by atoms with Crippen LogP contribution in [-0.4, -0.2) is 18.5 Å². The van der Waals surface area contributed by atoms with Crippen LogP contribution in [0, 0.1) is 0 Å². The summed E-state index contributed by atoms with van der Waals surface area (Å²) in [6.45, 7) is 2.74. The molecule has 1 rings (SSSR count). The second-order valence-corrected chi connectivity index (χ2v) is 5.01. The monoisotopic (exact) mass is 304 g/mol. The zero-order chi connectivity index (χ0) is 16.0. The molecule has 4 heteroatoms. The van der Waals surface area contributed by atoms with E-state index in [2.05, 4.69) is 6.92 Å².